The molecule has 23 heteroatoms. The van der Waals surface area contributed by atoms with Gasteiger partial charge in [-0.2, -0.15) is 0 Å². The number of hydrogen-bond acceptors (Lipinski definition) is 13. The van der Waals surface area contributed by atoms with Crippen LogP contribution in [0.25, 0.3) is 0 Å². The van der Waals surface area contributed by atoms with Crippen molar-refractivity contribution in [2.45, 2.75) is 173 Å². The lowest BCUT2D eigenvalue weighted by Crippen LogP contribution is -2.65. The van der Waals surface area contributed by atoms with Gasteiger partial charge >= 0.3 is 5.97 Å². The zero-order valence-electron chi connectivity index (χ0n) is 48.8. The third-order valence-electron chi connectivity index (χ3n) is 17.2. The Labute approximate surface area is 508 Å². The Balaban J connectivity index is 0.000000226. The first-order chi connectivity index (χ1) is 41.5. The number of sulfonamides is 2. The summed E-state index contributed by atoms with van der Waals surface area (Å²) in [7, 11) is -8.88. The second-order valence-electron chi connectivity index (χ2n) is 23.5. The molecule has 4 aliphatic carbocycles. The molecule has 21 nitrogen and oxygen atoms in total. The number of aliphatic carboxylic acids is 1. The molecule has 5 aliphatic rings. The fraction of sp³-hybridized carbons (Fsp3) is 0.438. The molecular weight excluding hydrogens is 1150 g/mol. The molecule has 9 rings (SSSR count). The van der Waals surface area contributed by atoms with Gasteiger partial charge in [0, 0.05) is 43.9 Å². The van der Waals surface area contributed by atoms with E-state index in [-0.39, 0.29) is 83.8 Å². The quantitative estimate of drug-likeness (QED) is 0.0429. The molecule has 2 unspecified atom stereocenters. The summed E-state index contributed by atoms with van der Waals surface area (Å²) < 4.78 is 58.0. The van der Waals surface area contributed by atoms with E-state index < -0.39 is 83.6 Å². The molecule has 87 heavy (non-hydrogen) atoms. The Bertz CT molecular complexity index is 3560. The first-order valence-electron chi connectivity index (χ1n) is 29.8. The van der Waals surface area contributed by atoms with Crippen LogP contribution in [0.1, 0.15) is 138 Å². The number of nitrogens with one attached hydrogen (secondary N) is 7. The number of carboxylic acids is 1. The van der Waals surface area contributed by atoms with Crippen molar-refractivity contribution in [1.29, 1.82) is 0 Å². The molecule has 1 heterocycles. The van der Waals surface area contributed by atoms with E-state index in [1.807, 2.05) is 48.5 Å². The van der Waals surface area contributed by atoms with Gasteiger partial charge in [-0.3, -0.25) is 38.4 Å². The van der Waals surface area contributed by atoms with Gasteiger partial charge in [-0.15, -0.1) is 13.2 Å². The molecule has 1 aliphatic heterocycles. The standard InChI is InChI=1S/C32H40N4O7S.C32H38N4O6S/c1-2-24-21-32(24,35-29(40)31(33)19-18-22-12-8-9-13-23(22)20-31)30(41)36-44(42,43)26-15-11-10-14-25(26)34-27(37)16-6-4-3-5-7-17-28(38)39;1-2-24-21-32(24)30(40)36-43(41,42)26-15-11-10-14-25(26)33-27(37)16-6-4-3-5-7-17-28(38)34-31(29(39)35-32)19-18-22-12-8-9-13-23(22)20-31/h2,8-15,24H,1,3-7,16-21,33H2,(H,34,37)(H,35,40)(H,36,41)(H,38,39);2,8-15,24H,1,3-7,16-21H2,(H,33,37)(H,34,38)(H,35,39)(H,36,40)/t2*24-,31?,32-/m11/s1. The first kappa shape index (κ1) is 65.0. The normalized spacial score (nSPS) is 25.3. The molecule has 10 N–H and O–H groups in total. The summed E-state index contributed by atoms with van der Waals surface area (Å²) in [6, 6.07) is 27.1. The van der Waals surface area contributed by atoms with Crippen LogP contribution in [-0.2, 0) is 84.1 Å². The maximum atomic E-state index is 14.1. The van der Waals surface area contributed by atoms with E-state index in [0.29, 0.717) is 57.8 Å². The SMILES string of the molecule is C=C[C@@H]1C[C@@]12NC(=O)C1(CCc3ccccc3C1)NC(=O)CCCCCCCC(=O)Nc1ccccc1S(=O)(=O)NC2=O.C=C[C@@H]1C[C@]1(NC(=O)C1(N)CCc2ccccc2C1)C(=O)NS(=O)(=O)c1ccccc1NC(=O)CCCCCCCC(=O)O. The summed E-state index contributed by atoms with van der Waals surface area (Å²) in [5.74, 6) is -5.67. The van der Waals surface area contributed by atoms with E-state index >= 15 is 0 Å². The third-order valence-corrected chi connectivity index (χ3v) is 20.0. The number of amides is 7. The van der Waals surface area contributed by atoms with Crippen molar-refractivity contribution in [2.75, 3.05) is 10.6 Å². The van der Waals surface area contributed by atoms with E-state index in [0.717, 1.165) is 60.8 Å². The molecule has 0 radical (unpaired) electrons. The van der Waals surface area contributed by atoms with Gasteiger partial charge in [-0.05, 0) is 117 Å². The van der Waals surface area contributed by atoms with Crippen LogP contribution in [0.4, 0.5) is 11.4 Å². The Morgan fingerprint density at radius 2 is 1.22 bits per heavy atom. The summed E-state index contributed by atoms with van der Waals surface area (Å²) >= 11 is 0. The van der Waals surface area contributed by atoms with Crippen molar-refractivity contribution in [3.8, 4) is 0 Å². The number of anilines is 2. The van der Waals surface area contributed by atoms with E-state index in [1.54, 1.807) is 12.1 Å². The number of unbranched alkanes of at least 4 members (excludes halogenated alkanes) is 4. The molecule has 4 aromatic rings. The van der Waals surface area contributed by atoms with Gasteiger partial charge < -0.3 is 37.4 Å². The minimum atomic E-state index is -4.45. The molecule has 2 fully saturated rings. The van der Waals surface area contributed by atoms with Crippen molar-refractivity contribution < 1.29 is 60.3 Å². The van der Waals surface area contributed by atoms with Gasteiger partial charge in [0.2, 0.25) is 29.5 Å². The van der Waals surface area contributed by atoms with Crippen molar-refractivity contribution in [2.24, 2.45) is 17.6 Å². The third kappa shape index (κ3) is 15.8. The average molecular weight is 1230 g/mol. The summed E-state index contributed by atoms with van der Waals surface area (Å²) in [6.07, 6.45) is 13.6. The zero-order valence-corrected chi connectivity index (χ0v) is 50.4. The number of carboxylic acid groups (broad SMARTS) is 1. The maximum Gasteiger partial charge on any atom is 0.303 e. The number of aryl methyl sites for hydroxylation is 2. The topological polar surface area (TPSA) is 335 Å². The zero-order chi connectivity index (χ0) is 62.6. The van der Waals surface area contributed by atoms with Crippen molar-refractivity contribution in [3.05, 3.63) is 145 Å². The lowest BCUT2D eigenvalue weighted by molar-refractivity contribution is -0.137. The molecule has 0 saturated heterocycles. The van der Waals surface area contributed by atoms with Crippen molar-refractivity contribution in [3.63, 3.8) is 0 Å². The second-order valence-corrected chi connectivity index (χ2v) is 26.8. The van der Waals surface area contributed by atoms with Gasteiger partial charge in [-0.1, -0.05) is 123 Å². The predicted molar refractivity (Wildman–Crippen MR) is 326 cm³/mol. The number of fused-ring (bicyclic) bond motifs is 3. The number of nitrogens with two attached hydrogens (primary N) is 1. The highest BCUT2D eigenvalue weighted by atomic mass is 32.2. The summed E-state index contributed by atoms with van der Waals surface area (Å²) in [6.45, 7) is 7.51. The molecule has 2 saturated carbocycles. The number of benzene rings is 4. The smallest absolute Gasteiger partial charge is 0.303 e. The molecule has 0 bridgehead atoms. The van der Waals surface area contributed by atoms with Crippen LogP contribution in [0.3, 0.4) is 0 Å². The van der Waals surface area contributed by atoms with E-state index in [4.69, 9.17) is 10.8 Å². The molecule has 7 amide bonds. The number of carbonyl (C=O) groups excluding carboxylic acids is 7. The number of para-hydroxylation sites is 2. The monoisotopic (exact) mass is 1230 g/mol. The van der Waals surface area contributed by atoms with Gasteiger partial charge in [0.15, 0.2) is 0 Å². The number of carbonyl (C=O) groups is 8. The molecule has 0 aromatic heterocycles. The summed E-state index contributed by atoms with van der Waals surface area (Å²) in [5, 5.41) is 22.6. The van der Waals surface area contributed by atoms with Crippen LogP contribution in [-0.4, -0.2) is 91.4 Å². The molecule has 6 atom stereocenters. The van der Waals surface area contributed by atoms with Crippen LogP contribution >= 0.6 is 0 Å². The predicted octanol–water partition coefficient (Wildman–Crippen LogP) is 6.47. The van der Waals surface area contributed by atoms with Crippen molar-refractivity contribution in [1.82, 2.24) is 25.4 Å². The molecule has 464 valence electrons. The largest absolute Gasteiger partial charge is 0.481 e. The highest BCUT2D eigenvalue weighted by Crippen LogP contribution is 2.47. The van der Waals surface area contributed by atoms with Crippen LogP contribution < -0.4 is 41.8 Å². The van der Waals surface area contributed by atoms with Gasteiger partial charge in [0.25, 0.3) is 31.9 Å². The Hall–Kier alpha value is -8.02. The van der Waals surface area contributed by atoms with Gasteiger partial charge in [0.1, 0.15) is 26.4 Å². The molecule has 2 spiro atoms. The maximum absolute atomic E-state index is 14.1. The minimum Gasteiger partial charge on any atom is -0.481 e. The van der Waals surface area contributed by atoms with Crippen LogP contribution in [0, 0.1) is 11.8 Å². The first-order valence-corrected chi connectivity index (χ1v) is 32.7. The van der Waals surface area contributed by atoms with E-state index in [2.05, 4.69) is 49.2 Å². The van der Waals surface area contributed by atoms with E-state index in [9.17, 15) is 55.2 Å². The summed E-state index contributed by atoms with van der Waals surface area (Å²) in [5.41, 5.74) is 5.13. The highest BCUT2D eigenvalue weighted by molar-refractivity contribution is 7.90. The number of hydrogen-bond donors (Lipinski definition) is 9. The highest BCUT2D eigenvalue weighted by Gasteiger charge is 2.63. The fourth-order valence-electron chi connectivity index (χ4n) is 11.9. The Kier molecular flexibility index (Phi) is 20.7. The Morgan fingerprint density at radius 1 is 0.644 bits per heavy atom. The fourth-order valence-corrected chi connectivity index (χ4v) is 14.3. The Morgan fingerprint density at radius 3 is 1.87 bits per heavy atom. The van der Waals surface area contributed by atoms with Gasteiger partial charge in [0.05, 0.1) is 16.9 Å². The number of rotatable bonds is 16. The molecule has 4 aromatic carbocycles. The second kappa shape index (κ2) is 27.8. The van der Waals surface area contributed by atoms with Crippen LogP contribution in [0.2, 0.25) is 0 Å². The van der Waals surface area contributed by atoms with Gasteiger partial charge in [-0.25, -0.2) is 26.3 Å². The minimum absolute atomic E-state index is 0.0233. The van der Waals surface area contributed by atoms with E-state index in [1.165, 1.54) is 48.6 Å². The molecular formula is C64H78N8O13S2. The van der Waals surface area contributed by atoms with Crippen LogP contribution in [0.5, 0.6) is 0 Å². The summed E-state index contributed by atoms with van der Waals surface area (Å²) in [4.78, 5) is 103. The lowest BCUT2D eigenvalue weighted by atomic mass is 9.76. The van der Waals surface area contributed by atoms with Crippen LogP contribution in [0.15, 0.2) is 132 Å². The van der Waals surface area contributed by atoms with Crippen molar-refractivity contribution >= 4 is 78.7 Å². The lowest BCUT2D eigenvalue weighted by Gasteiger charge is -2.39. The average Bonchev–Trinajstić information content (AvgIpc) is 1.62.